The molecule has 0 amide bonds. The molecule has 3 N–H and O–H groups in total. The number of hydrogen-bond donors (Lipinski definition) is 3. The van der Waals surface area contributed by atoms with Crippen LogP contribution >= 0.6 is 0 Å². The van der Waals surface area contributed by atoms with Crippen LogP contribution in [0.2, 0.25) is 0 Å². The number of aliphatic hydroxyl groups excluding tert-OH is 1. The van der Waals surface area contributed by atoms with E-state index in [0.29, 0.717) is 16.7 Å². The molecule has 1 rings (SSSR count). The molecule has 84 valence electrons. The highest BCUT2D eigenvalue weighted by Gasteiger charge is 2.15. The normalized spacial score (nSPS) is 11.9. The smallest absolute Gasteiger partial charge is 0.127 e. The SMILES string of the molecule is C#CCC(O)c1cc(C=N)c(O)c(C)c1C. The van der Waals surface area contributed by atoms with Crippen molar-refractivity contribution >= 4 is 6.21 Å². The number of hydrogen-bond acceptors (Lipinski definition) is 3. The second-order valence-electron chi connectivity index (χ2n) is 3.72. The van der Waals surface area contributed by atoms with Gasteiger partial charge in [0.2, 0.25) is 0 Å². The van der Waals surface area contributed by atoms with Crippen molar-refractivity contribution in [2.24, 2.45) is 0 Å². The van der Waals surface area contributed by atoms with Crippen LogP contribution in [0.3, 0.4) is 0 Å². The van der Waals surface area contributed by atoms with E-state index >= 15 is 0 Å². The minimum absolute atomic E-state index is 0.0872. The molecule has 0 aromatic heterocycles. The summed E-state index contributed by atoms with van der Waals surface area (Å²) < 4.78 is 0. The van der Waals surface area contributed by atoms with Crippen LogP contribution in [0, 0.1) is 31.6 Å². The second kappa shape index (κ2) is 4.82. The maximum Gasteiger partial charge on any atom is 0.127 e. The molecule has 16 heavy (non-hydrogen) atoms. The number of phenols is 1. The van der Waals surface area contributed by atoms with Crippen LogP contribution in [0.1, 0.15) is 34.8 Å². The first-order chi connectivity index (χ1) is 7.52. The van der Waals surface area contributed by atoms with E-state index in [1.807, 2.05) is 6.92 Å². The first-order valence-electron chi connectivity index (χ1n) is 4.98. The fraction of sp³-hybridized carbons (Fsp3) is 0.308. The first-order valence-corrected chi connectivity index (χ1v) is 4.98. The molecule has 0 spiro atoms. The summed E-state index contributed by atoms with van der Waals surface area (Å²) in [5.41, 5.74) is 2.55. The molecule has 1 unspecified atom stereocenters. The summed E-state index contributed by atoms with van der Waals surface area (Å²) in [6.07, 6.45) is 5.69. The predicted octanol–water partition coefficient (Wildman–Crippen LogP) is 2.06. The number of benzene rings is 1. The summed E-state index contributed by atoms with van der Waals surface area (Å²) >= 11 is 0. The van der Waals surface area contributed by atoms with Crippen molar-refractivity contribution in [2.75, 3.05) is 0 Å². The Morgan fingerprint density at radius 3 is 2.62 bits per heavy atom. The van der Waals surface area contributed by atoms with Gasteiger partial charge in [0.05, 0.1) is 6.10 Å². The van der Waals surface area contributed by atoms with Crippen molar-refractivity contribution in [1.29, 1.82) is 5.41 Å². The van der Waals surface area contributed by atoms with Gasteiger partial charge in [0, 0.05) is 18.2 Å². The van der Waals surface area contributed by atoms with Crippen LogP contribution < -0.4 is 0 Å². The summed E-state index contributed by atoms with van der Waals surface area (Å²) in [5, 5.41) is 26.8. The topological polar surface area (TPSA) is 64.3 Å². The predicted molar refractivity (Wildman–Crippen MR) is 63.9 cm³/mol. The molecule has 1 aromatic carbocycles. The van der Waals surface area contributed by atoms with E-state index in [1.165, 1.54) is 0 Å². The van der Waals surface area contributed by atoms with Crippen LogP contribution in [-0.2, 0) is 0 Å². The zero-order valence-corrected chi connectivity index (χ0v) is 9.41. The van der Waals surface area contributed by atoms with Gasteiger partial charge in [-0.15, -0.1) is 12.3 Å². The minimum atomic E-state index is -0.747. The molecule has 0 bridgehead atoms. The van der Waals surface area contributed by atoms with Crippen molar-refractivity contribution in [3.63, 3.8) is 0 Å². The lowest BCUT2D eigenvalue weighted by molar-refractivity contribution is 0.183. The van der Waals surface area contributed by atoms with E-state index in [2.05, 4.69) is 5.92 Å². The van der Waals surface area contributed by atoms with Gasteiger partial charge in [-0.2, -0.15) is 0 Å². The fourth-order valence-corrected chi connectivity index (χ4v) is 1.63. The average Bonchev–Trinajstić information content (AvgIpc) is 2.27. The summed E-state index contributed by atoms with van der Waals surface area (Å²) in [7, 11) is 0. The number of phenolic OH excluding ortho intramolecular Hbond substituents is 1. The molecule has 0 radical (unpaired) electrons. The largest absolute Gasteiger partial charge is 0.507 e. The molecule has 0 aliphatic carbocycles. The van der Waals surface area contributed by atoms with Crippen LogP contribution in [-0.4, -0.2) is 16.4 Å². The Bertz CT molecular complexity index is 458. The summed E-state index contributed by atoms with van der Waals surface area (Å²) in [5.74, 6) is 2.48. The standard InChI is InChI=1S/C13H15NO2/c1-4-5-12(15)11-6-10(7-14)13(16)9(3)8(11)2/h1,6-7,12,14-16H,5H2,2-3H3. The van der Waals surface area contributed by atoms with Crippen LogP contribution in [0.5, 0.6) is 5.75 Å². The van der Waals surface area contributed by atoms with Crippen molar-refractivity contribution in [3.8, 4) is 18.1 Å². The monoisotopic (exact) mass is 217 g/mol. The van der Waals surface area contributed by atoms with Crippen LogP contribution in [0.15, 0.2) is 6.07 Å². The quantitative estimate of drug-likeness (QED) is 0.536. The van der Waals surface area contributed by atoms with E-state index in [1.54, 1.807) is 13.0 Å². The Kier molecular flexibility index (Phi) is 3.70. The number of rotatable bonds is 3. The third kappa shape index (κ3) is 2.07. The Hall–Kier alpha value is -1.79. The van der Waals surface area contributed by atoms with Crippen LogP contribution in [0.4, 0.5) is 0 Å². The third-order valence-electron chi connectivity index (χ3n) is 2.76. The van der Waals surface area contributed by atoms with E-state index in [4.69, 9.17) is 11.8 Å². The van der Waals surface area contributed by atoms with Gasteiger partial charge in [0.25, 0.3) is 0 Å². The Morgan fingerprint density at radius 2 is 2.12 bits per heavy atom. The van der Waals surface area contributed by atoms with Gasteiger partial charge in [-0.3, -0.25) is 0 Å². The van der Waals surface area contributed by atoms with Gasteiger partial charge < -0.3 is 15.6 Å². The summed E-state index contributed by atoms with van der Waals surface area (Å²) in [6, 6.07) is 1.60. The van der Waals surface area contributed by atoms with Gasteiger partial charge >= 0.3 is 0 Å². The van der Waals surface area contributed by atoms with E-state index < -0.39 is 6.10 Å². The molecule has 0 saturated heterocycles. The number of aromatic hydroxyl groups is 1. The molecule has 3 nitrogen and oxygen atoms in total. The van der Waals surface area contributed by atoms with Crippen LogP contribution in [0.25, 0.3) is 0 Å². The lowest BCUT2D eigenvalue weighted by atomic mass is 9.94. The molecule has 0 heterocycles. The van der Waals surface area contributed by atoms with E-state index in [0.717, 1.165) is 11.8 Å². The minimum Gasteiger partial charge on any atom is -0.507 e. The molecule has 0 aliphatic rings. The highest BCUT2D eigenvalue weighted by Crippen LogP contribution is 2.31. The lowest BCUT2D eigenvalue weighted by Gasteiger charge is -2.16. The molecule has 1 atom stereocenters. The van der Waals surface area contributed by atoms with Gasteiger partial charge in [-0.25, -0.2) is 0 Å². The first kappa shape index (κ1) is 12.3. The number of aliphatic hydroxyl groups is 1. The van der Waals surface area contributed by atoms with Crippen molar-refractivity contribution in [2.45, 2.75) is 26.4 Å². The summed E-state index contributed by atoms with van der Waals surface area (Å²) in [4.78, 5) is 0. The molecule has 1 aromatic rings. The zero-order chi connectivity index (χ0) is 12.3. The summed E-state index contributed by atoms with van der Waals surface area (Å²) in [6.45, 7) is 3.57. The van der Waals surface area contributed by atoms with Gasteiger partial charge in [-0.05, 0) is 36.6 Å². The number of nitrogens with one attached hydrogen (secondary N) is 1. The molecule has 3 heteroatoms. The highest BCUT2D eigenvalue weighted by atomic mass is 16.3. The Labute approximate surface area is 95.3 Å². The van der Waals surface area contributed by atoms with Gasteiger partial charge in [-0.1, -0.05) is 0 Å². The molecule has 0 fully saturated rings. The second-order valence-corrected chi connectivity index (χ2v) is 3.72. The zero-order valence-electron chi connectivity index (χ0n) is 9.41. The Morgan fingerprint density at radius 1 is 1.50 bits per heavy atom. The van der Waals surface area contributed by atoms with E-state index in [9.17, 15) is 10.2 Å². The van der Waals surface area contributed by atoms with E-state index in [-0.39, 0.29) is 12.2 Å². The number of terminal acetylenes is 1. The van der Waals surface area contributed by atoms with Gasteiger partial charge in [0.1, 0.15) is 5.75 Å². The lowest BCUT2D eigenvalue weighted by Crippen LogP contribution is -2.03. The van der Waals surface area contributed by atoms with Crippen molar-refractivity contribution < 1.29 is 10.2 Å². The maximum absolute atomic E-state index is 9.84. The van der Waals surface area contributed by atoms with Crippen molar-refractivity contribution in [1.82, 2.24) is 0 Å². The van der Waals surface area contributed by atoms with Gasteiger partial charge in [0.15, 0.2) is 0 Å². The molecule has 0 aliphatic heterocycles. The Balaban J connectivity index is 3.36. The molecular weight excluding hydrogens is 202 g/mol. The van der Waals surface area contributed by atoms with Crippen molar-refractivity contribution in [3.05, 3.63) is 28.3 Å². The average molecular weight is 217 g/mol. The molecule has 0 saturated carbocycles. The maximum atomic E-state index is 9.84. The fourth-order valence-electron chi connectivity index (χ4n) is 1.63. The molecular formula is C13H15NO2. The highest BCUT2D eigenvalue weighted by molar-refractivity contribution is 5.82. The third-order valence-corrected chi connectivity index (χ3v) is 2.76.